The molecule has 0 bridgehead atoms. The van der Waals surface area contributed by atoms with Crippen LogP contribution in [0.1, 0.15) is 81.5 Å². The van der Waals surface area contributed by atoms with Crippen LogP contribution in [0.25, 0.3) is 12.2 Å². The minimum Gasteiger partial charge on any atom is -0.335 e. The van der Waals surface area contributed by atoms with E-state index in [2.05, 4.69) is 22.0 Å². The third-order valence-electron chi connectivity index (χ3n) is 5.01. The molecule has 0 saturated heterocycles. The van der Waals surface area contributed by atoms with Crippen LogP contribution >= 0.6 is 0 Å². The summed E-state index contributed by atoms with van der Waals surface area (Å²) >= 11 is 0. The van der Waals surface area contributed by atoms with Gasteiger partial charge in [-0.1, -0.05) is 37.8 Å². The number of hydrogen-bond donors (Lipinski definition) is 0. The number of nitrogens with zero attached hydrogens (tertiary/aromatic N) is 3. The predicted molar refractivity (Wildman–Crippen MR) is 96.3 cm³/mol. The minimum absolute atomic E-state index is 0.472. The molecular weight excluding hydrogens is 298 g/mol. The summed E-state index contributed by atoms with van der Waals surface area (Å²) in [4.78, 5) is 8.58. The second-order valence-corrected chi connectivity index (χ2v) is 6.82. The molecule has 3 rings (SSSR count). The molecule has 1 fully saturated rings. The third kappa shape index (κ3) is 4.76. The number of aromatic nitrogens is 3. The average Bonchev–Trinajstić information content (AvgIpc) is 3.11. The largest absolute Gasteiger partial charge is 0.335 e. The van der Waals surface area contributed by atoms with Crippen molar-refractivity contribution in [1.29, 1.82) is 0 Å². The predicted octanol–water partition coefficient (Wildman–Crippen LogP) is 5.49. The summed E-state index contributed by atoms with van der Waals surface area (Å²) in [5, 5.41) is 4.20. The van der Waals surface area contributed by atoms with Gasteiger partial charge in [-0.3, -0.25) is 4.98 Å². The number of hydrogen-bond acceptors (Lipinski definition) is 4. The average molecular weight is 325 g/mol. The van der Waals surface area contributed by atoms with Crippen LogP contribution in [0.15, 0.2) is 29.0 Å². The van der Waals surface area contributed by atoms with Gasteiger partial charge in [-0.15, -0.1) is 0 Å². The Bertz CT molecular complexity index is 627. The van der Waals surface area contributed by atoms with E-state index in [0.717, 1.165) is 17.3 Å². The molecule has 0 atom stereocenters. The first kappa shape index (κ1) is 16.9. The summed E-state index contributed by atoms with van der Waals surface area (Å²) < 4.78 is 5.38. The molecule has 0 unspecified atom stereocenters. The molecule has 2 heterocycles. The quantitative estimate of drug-likeness (QED) is 0.632. The van der Waals surface area contributed by atoms with Crippen molar-refractivity contribution in [3.63, 3.8) is 0 Å². The van der Waals surface area contributed by atoms with Gasteiger partial charge in [-0.2, -0.15) is 4.98 Å². The first-order chi connectivity index (χ1) is 11.8. The van der Waals surface area contributed by atoms with Crippen molar-refractivity contribution in [3.8, 4) is 0 Å². The van der Waals surface area contributed by atoms with Gasteiger partial charge >= 0.3 is 0 Å². The van der Waals surface area contributed by atoms with Crippen molar-refractivity contribution < 1.29 is 4.52 Å². The Kier molecular flexibility index (Phi) is 6.16. The van der Waals surface area contributed by atoms with Crippen LogP contribution in [0.3, 0.4) is 0 Å². The molecular formula is C20H27N3O. The van der Waals surface area contributed by atoms with Crippen LogP contribution in [0.5, 0.6) is 0 Å². The Morgan fingerprint density at radius 3 is 2.62 bits per heavy atom. The molecule has 4 heteroatoms. The van der Waals surface area contributed by atoms with Crippen LogP contribution in [0.4, 0.5) is 0 Å². The highest BCUT2D eigenvalue weighted by molar-refractivity contribution is 5.65. The van der Waals surface area contributed by atoms with Crippen molar-refractivity contribution in [2.75, 3.05) is 0 Å². The Balaban J connectivity index is 1.50. The lowest BCUT2D eigenvalue weighted by Gasteiger charge is -2.26. The van der Waals surface area contributed by atoms with Crippen molar-refractivity contribution in [2.24, 2.45) is 5.92 Å². The molecule has 1 aliphatic rings. The lowest BCUT2D eigenvalue weighted by atomic mass is 9.79. The van der Waals surface area contributed by atoms with Gasteiger partial charge < -0.3 is 4.52 Å². The monoisotopic (exact) mass is 325 g/mol. The van der Waals surface area contributed by atoms with E-state index in [-0.39, 0.29) is 0 Å². The SMILES string of the molecule is CCCCCC1CCC(c2noc(/C=C/c3ccncc3)n2)CC1. The van der Waals surface area contributed by atoms with E-state index < -0.39 is 0 Å². The van der Waals surface area contributed by atoms with Crippen molar-refractivity contribution in [2.45, 2.75) is 64.2 Å². The Labute approximate surface area is 144 Å². The summed E-state index contributed by atoms with van der Waals surface area (Å²) in [5.41, 5.74) is 1.08. The van der Waals surface area contributed by atoms with E-state index in [1.807, 2.05) is 24.3 Å². The van der Waals surface area contributed by atoms with Gasteiger partial charge in [0.2, 0.25) is 0 Å². The summed E-state index contributed by atoms with van der Waals surface area (Å²) in [7, 11) is 0. The zero-order chi connectivity index (χ0) is 16.6. The Morgan fingerprint density at radius 1 is 1.08 bits per heavy atom. The fraction of sp³-hybridized carbons (Fsp3) is 0.550. The second kappa shape index (κ2) is 8.76. The maximum Gasteiger partial charge on any atom is 0.250 e. The van der Waals surface area contributed by atoms with Crippen molar-refractivity contribution >= 4 is 12.2 Å². The summed E-state index contributed by atoms with van der Waals surface area (Å²) in [6, 6.07) is 3.90. The topological polar surface area (TPSA) is 51.8 Å². The van der Waals surface area contributed by atoms with Gasteiger partial charge in [-0.25, -0.2) is 0 Å². The van der Waals surface area contributed by atoms with Crippen molar-refractivity contribution in [1.82, 2.24) is 15.1 Å². The zero-order valence-electron chi connectivity index (χ0n) is 14.5. The highest BCUT2D eigenvalue weighted by atomic mass is 16.5. The van der Waals surface area contributed by atoms with E-state index in [1.165, 1.54) is 51.4 Å². The van der Waals surface area contributed by atoms with Gasteiger partial charge in [0.1, 0.15) is 0 Å². The van der Waals surface area contributed by atoms with Gasteiger partial charge in [0.15, 0.2) is 5.82 Å². The molecule has 0 aromatic carbocycles. The van der Waals surface area contributed by atoms with Crippen LogP contribution in [-0.2, 0) is 0 Å². The zero-order valence-corrected chi connectivity index (χ0v) is 14.5. The molecule has 0 amide bonds. The molecule has 24 heavy (non-hydrogen) atoms. The standard InChI is InChI=1S/C20H27N3O/c1-2-3-4-5-16-6-9-18(10-7-16)20-22-19(24-23-20)11-8-17-12-14-21-15-13-17/h8,11-16,18H,2-7,9-10H2,1H3/b11-8+. The molecule has 128 valence electrons. The van der Waals surface area contributed by atoms with Crippen LogP contribution in [0, 0.1) is 5.92 Å². The van der Waals surface area contributed by atoms with E-state index in [4.69, 9.17) is 4.52 Å². The summed E-state index contributed by atoms with van der Waals surface area (Å²) in [5.74, 6) is 2.85. The molecule has 0 N–H and O–H groups in total. The normalized spacial score (nSPS) is 21.4. The maximum absolute atomic E-state index is 5.38. The molecule has 0 aliphatic heterocycles. The first-order valence-electron chi connectivity index (χ1n) is 9.27. The lowest BCUT2D eigenvalue weighted by molar-refractivity contribution is 0.291. The highest BCUT2D eigenvalue weighted by Crippen LogP contribution is 2.36. The third-order valence-corrected chi connectivity index (χ3v) is 5.01. The smallest absolute Gasteiger partial charge is 0.250 e. The first-order valence-corrected chi connectivity index (χ1v) is 9.27. The van der Waals surface area contributed by atoms with Gasteiger partial charge in [0, 0.05) is 24.4 Å². The highest BCUT2D eigenvalue weighted by Gasteiger charge is 2.25. The molecule has 2 aromatic heterocycles. The number of unbranched alkanes of at least 4 members (excludes halogenated alkanes) is 2. The van der Waals surface area contributed by atoms with E-state index >= 15 is 0 Å². The molecule has 0 spiro atoms. The molecule has 2 aromatic rings. The molecule has 1 saturated carbocycles. The fourth-order valence-electron chi connectivity index (χ4n) is 3.52. The number of pyridine rings is 1. The number of rotatable bonds is 7. The Hall–Kier alpha value is -1.97. The van der Waals surface area contributed by atoms with Gasteiger partial charge in [-0.05, 0) is 55.4 Å². The van der Waals surface area contributed by atoms with Gasteiger partial charge in [0.05, 0.1) is 0 Å². The molecule has 0 radical (unpaired) electrons. The fourth-order valence-corrected chi connectivity index (χ4v) is 3.52. The summed E-state index contributed by atoms with van der Waals surface area (Å²) in [6.45, 7) is 2.27. The summed E-state index contributed by atoms with van der Waals surface area (Å²) in [6.07, 6.45) is 17.9. The van der Waals surface area contributed by atoms with Crippen LogP contribution in [0.2, 0.25) is 0 Å². The molecule has 4 nitrogen and oxygen atoms in total. The Morgan fingerprint density at radius 2 is 1.88 bits per heavy atom. The van der Waals surface area contributed by atoms with Crippen LogP contribution < -0.4 is 0 Å². The van der Waals surface area contributed by atoms with E-state index in [0.29, 0.717) is 11.8 Å². The second-order valence-electron chi connectivity index (χ2n) is 6.82. The maximum atomic E-state index is 5.38. The van der Waals surface area contributed by atoms with Crippen molar-refractivity contribution in [3.05, 3.63) is 41.8 Å². The van der Waals surface area contributed by atoms with E-state index in [9.17, 15) is 0 Å². The van der Waals surface area contributed by atoms with Gasteiger partial charge in [0.25, 0.3) is 5.89 Å². The minimum atomic E-state index is 0.472. The molecule has 1 aliphatic carbocycles. The lowest BCUT2D eigenvalue weighted by Crippen LogP contribution is -2.14. The van der Waals surface area contributed by atoms with Crippen LogP contribution in [-0.4, -0.2) is 15.1 Å². The van der Waals surface area contributed by atoms with E-state index in [1.54, 1.807) is 12.4 Å².